The second-order valence-electron chi connectivity index (χ2n) is 8.56. The average molecular weight is 570 g/mol. The second kappa shape index (κ2) is 26.3. The van der Waals surface area contributed by atoms with Crippen LogP contribution in [0.2, 0.25) is 12.1 Å². The van der Waals surface area contributed by atoms with Crippen molar-refractivity contribution in [1.29, 1.82) is 0 Å². The summed E-state index contributed by atoms with van der Waals surface area (Å²) in [6, 6.07) is 1.75. The minimum absolute atomic E-state index is 0.633. The molecule has 0 unspecified atom stereocenters. The Hall–Kier alpha value is 0.0738. The molecule has 0 aromatic rings. The Morgan fingerprint density at radius 2 is 0.730 bits per heavy atom. The van der Waals surface area contributed by atoms with Crippen LogP contribution in [0.3, 0.4) is 0 Å². The molecule has 0 bridgehead atoms. The molecule has 0 saturated carbocycles. The SMILES string of the molecule is CCO[Si](CCCCCOCCNCCOCCCCC[Si](OCC)(OCC)OCC)(OCC)OCC. The van der Waals surface area contributed by atoms with Crippen molar-refractivity contribution in [2.75, 3.05) is 79.2 Å². The number of hydrogen-bond acceptors (Lipinski definition) is 9. The van der Waals surface area contributed by atoms with Crippen LogP contribution in [-0.4, -0.2) is 96.8 Å². The number of unbranched alkanes of at least 4 members (excludes halogenated alkanes) is 4. The van der Waals surface area contributed by atoms with Crippen LogP contribution in [0.4, 0.5) is 0 Å². The average Bonchev–Trinajstić information content (AvgIpc) is 2.87. The first kappa shape index (κ1) is 37.1. The van der Waals surface area contributed by atoms with Gasteiger partial charge in [0.2, 0.25) is 0 Å². The highest BCUT2D eigenvalue weighted by molar-refractivity contribution is 6.61. The summed E-state index contributed by atoms with van der Waals surface area (Å²) >= 11 is 0. The molecule has 0 aliphatic heterocycles. The van der Waals surface area contributed by atoms with E-state index in [0.29, 0.717) is 39.6 Å². The molecule has 37 heavy (non-hydrogen) atoms. The van der Waals surface area contributed by atoms with Gasteiger partial charge in [0.15, 0.2) is 0 Å². The number of hydrogen-bond donors (Lipinski definition) is 1. The Labute approximate surface area is 230 Å². The van der Waals surface area contributed by atoms with Gasteiger partial charge in [0.1, 0.15) is 0 Å². The predicted molar refractivity (Wildman–Crippen MR) is 153 cm³/mol. The highest BCUT2D eigenvalue weighted by Crippen LogP contribution is 2.21. The zero-order valence-electron chi connectivity index (χ0n) is 24.9. The lowest BCUT2D eigenvalue weighted by atomic mass is 10.3. The van der Waals surface area contributed by atoms with Crippen LogP contribution < -0.4 is 5.32 Å². The summed E-state index contributed by atoms with van der Waals surface area (Å²) < 4.78 is 46.9. The third kappa shape index (κ3) is 19.7. The van der Waals surface area contributed by atoms with Gasteiger partial charge >= 0.3 is 17.6 Å². The van der Waals surface area contributed by atoms with Crippen LogP contribution in [0.15, 0.2) is 0 Å². The van der Waals surface area contributed by atoms with E-state index in [2.05, 4.69) is 5.32 Å². The maximum absolute atomic E-state index is 5.90. The van der Waals surface area contributed by atoms with Gasteiger partial charge in [-0.15, -0.1) is 0 Å². The summed E-state index contributed by atoms with van der Waals surface area (Å²) in [7, 11) is -4.99. The first-order chi connectivity index (χ1) is 18.1. The van der Waals surface area contributed by atoms with E-state index in [0.717, 1.165) is 90.1 Å². The fourth-order valence-corrected chi connectivity index (χ4v) is 9.44. The number of ether oxygens (including phenoxy) is 2. The first-order valence-corrected chi connectivity index (χ1v) is 18.6. The van der Waals surface area contributed by atoms with E-state index in [1.54, 1.807) is 0 Å². The molecule has 0 aromatic carbocycles. The normalized spacial score (nSPS) is 12.5. The van der Waals surface area contributed by atoms with Crippen molar-refractivity contribution in [3.05, 3.63) is 0 Å². The lowest BCUT2D eigenvalue weighted by molar-refractivity contribution is 0.0695. The molecule has 0 aromatic heterocycles. The van der Waals surface area contributed by atoms with Gasteiger partial charge in [0, 0.05) is 78.0 Å². The molecular weight excluding hydrogens is 510 g/mol. The van der Waals surface area contributed by atoms with Crippen molar-refractivity contribution in [2.24, 2.45) is 0 Å². The fraction of sp³-hybridized carbons (Fsp3) is 1.00. The summed E-state index contributed by atoms with van der Waals surface area (Å²) in [5, 5.41) is 3.38. The van der Waals surface area contributed by atoms with Gasteiger partial charge in [0.05, 0.1) is 13.2 Å². The molecule has 0 fully saturated rings. The summed E-state index contributed by atoms with van der Waals surface area (Å²) in [5.41, 5.74) is 0. The van der Waals surface area contributed by atoms with E-state index in [1.165, 1.54) is 0 Å². The third-order valence-electron chi connectivity index (χ3n) is 5.58. The monoisotopic (exact) mass is 569 g/mol. The molecule has 1 N–H and O–H groups in total. The van der Waals surface area contributed by atoms with Gasteiger partial charge in [-0.1, -0.05) is 12.8 Å². The molecule has 0 amide bonds. The van der Waals surface area contributed by atoms with Crippen molar-refractivity contribution in [1.82, 2.24) is 5.32 Å². The van der Waals surface area contributed by atoms with Crippen molar-refractivity contribution in [2.45, 2.75) is 92.2 Å². The summed E-state index contributed by atoms with van der Waals surface area (Å²) in [5.74, 6) is 0. The maximum Gasteiger partial charge on any atom is 0.500 e. The van der Waals surface area contributed by atoms with Crippen LogP contribution >= 0.6 is 0 Å². The van der Waals surface area contributed by atoms with E-state index in [9.17, 15) is 0 Å². The number of rotatable bonds is 30. The standard InChI is InChI=1S/C26H59NO8Si2/c1-7-30-36(31-8-2,32-9-3)25-17-13-15-21-28-23-19-27-20-24-29-22-16-14-18-26-37(33-10-4,34-11-5)35-12-6/h27H,7-26H2,1-6H3. The largest absolute Gasteiger partial charge is 0.500 e. The van der Waals surface area contributed by atoms with E-state index in [1.807, 2.05) is 41.5 Å². The zero-order valence-corrected chi connectivity index (χ0v) is 26.9. The molecular formula is C26H59NO8Si2. The zero-order chi connectivity index (χ0) is 27.5. The smallest absolute Gasteiger partial charge is 0.380 e. The van der Waals surface area contributed by atoms with Crippen molar-refractivity contribution in [3.63, 3.8) is 0 Å². The molecule has 0 heterocycles. The molecule has 0 spiro atoms. The van der Waals surface area contributed by atoms with Crippen LogP contribution in [0.1, 0.15) is 80.1 Å². The Morgan fingerprint density at radius 1 is 0.405 bits per heavy atom. The van der Waals surface area contributed by atoms with E-state index in [4.69, 9.17) is 36.0 Å². The second-order valence-corrected chi connectivity index (χ2v) is 14.0. The van der Waals surface area contributed by atoms with E-state index >= 15 is 0 Å². The molecule has 0 aliphatic carbocycles. The minimum atomic E-state index is -2.50. The van der Waals surface area contributed by atoms with Gasteiger partial charge in [-0.05, 0) is 67.2 Å². The van der Waals surface area contributed by atoms with Crippen LogP contribution in [-0.2, 0) is 36.0 Å². The Balaban J connectivity index is 3.63. The van der Waals surface area contributed by atoms with Crippen molar-refractivity contribution >= 4 is 17.6 Å². The molecule has 0 atom stereocenters. The van der Waals surface area contributed by atoms with Gasteiger partial charge < -0.3 is 41.3 Å². The Bertz CT molecular complexity index is 406. The Kier molecular flexibility index (Phi) is 26.4. The van der Waals surface area contributed by atoms with Crippen LogP contribution in [0.5, 0.6) is 0 Å². The molecule has 224 valence electrons. The molecule has 0 aliphatic rings. The van der Waals surface area contributed by atoms with Gasteiger partial charge in [0.25, 0.3) is 0 Å². The van der Waals surface area contributed by atoms with Crippen molar-refractivity contribution < 1.29 is 36.0 Å². The van der Waals surface area contributed by atoms with E-state index in [-0.39, 0.29) is 0 Å². The minimum Gasteiger partial charge on any atom is -0.380 e. The quantitative estimate of drug-likeness (QED) is 0.0944. The first-order valence-electron chi connectivity index (χ1n) is 14.8. The molecule has 9 nitrogen and oxygen atoms in total. The summed E-state index contributed by atoms with van der Waals surface area (Å²) in [6.07, 6.45) is 6.35. The van der Waals surface area contributed by atoms with Crippen molar-refractivity contribution in [3.8, 4) is 0 Å². The lowest BCUT2D eigenvalue weighted by Crippen LogP contribution is -2.45. The molecule has 0 rings (SSSR count). The van der Waals surface area contributed by atoms with Gasteiger partial charge in [-0.25, -0.2) is 0 Å². The van der Waals surface area contributed by atoms with E-state index < -0.39 is 17.6 Å². The van der Waals surface area contributed by atoms with Gasteiger partial charge in [-0.2, -0.15) is 0 Å². The Morgan fingerprint density at radius 3 is 1.03 bits per heavy atom. The summed E-state index contributed by atoms with van der Waals surface area (Å²) in [4.78, 5) is 0. The topological polar surface area (TPSA) is 85.9 Å². The summed E-state index contributed by atoms with van der Waals surface area (Å²) in [6.45, 7) is 20.5. The number of nitrogens with one attached hydrogen (secondary N) is 1. The molecule has 0 saturated heterocycles. The predicted octanol–water partition coefficient (Wildman–Crippen LogP) is 5.05. The van der Waals surface area contributed by atoms with Crippen LogP contribution in [0, 0.1) is 0 Å². The maximum atomic E-state index is 5.90. The third-order valence-corrected chi connectivity index (χ3v) is 11.9. The lowest BCUT2D eigenvalue weighted by Gasteiger charge is -2.28. The fourth-order valence-electron chi connectivity index (χ4n) is 4.07. The highest BCUT2D eigenvalue weighted by Gasteiger charge is 2.40. The van der Waals surface area contributed by atoms with Crippen LogP contribution in [0.25, 0.3) is 0 Å². The molecule has 0 radical (unpaired) electrons. The molecule has 11 heteroatoms. The highest BCUT2D eigenvalue weighted by atomic mass is 28.4. The van der Waals surface area contributed by atoms with Gasteiger partial charge in [-0.3, -0.25) is 0 Å².